The summed E-state index contributed by atoms with van der Waals surface area (Å²) in [6, 6.07) is 2.81. The van der Waals surface area contributed by atoms with Crippen LogP contribution >= 0.6 is 11.3 Å². The van der Waals surface area contributed by atoms with Crippen molar-refractivity contribution in [3.8, 4) is 10.6 Å². The maximum atomic E-state index is 14.3. The first-order valence-electron chi connectivity index (χ1n) is 17.2. The van der Waals surface area contributed by atoms with E-state index in [4.69, 9.17) is 14.2 Å². The van der Waals surface area contributed by atoms with Crippen LogP contribution in [0.25, 0.3) is 10.6 Å². The molecule has 53 heavy (non-hydrogen) atoms. The van der Waals surface area contributed by atoms with Crippen LogP contribution in [0.5, 0.6) is 0 Å². The molecule has 2 aliphatic carbocycles. The van der Waals surface area contributed by atoms with Gasteiger partial charge in [-0.05, 0) is 71.6 Å². The predicted octanol–water partition coefficient (Wildman–Crippen LogP) is 3.23. The first-order chi connectivity index (χ1) is 24.9. The SMILES string of the molecule is C=CC1CC1(NC(=O)C1CC(OC(=O)Nc2cc(C)ccc2-c2nccs2)CN1C(=O)C(NC(=O)OC(C)(C)C)C(C)OC)C(=O)NS(=O)(=O)C1CC1. The van der Waals surface area contributed by atoms with Crippen LogP contribution in [-0.4, -0.2) is 103 Å². The second-order valence-electron chi connectivity index (χ2n) is 14.5. The highest BCUT2D eigenvalue weighted by Crippen LogP contribution is 2.45. The summed E-state index contributed by atoms with van der Waals surface area (Å²) in [7, 11) is -2.60. The van der Waals surface area contributed by atoms with Gasteiger partial charge in [0.15, 0.2) is 0 Å². The Morgan fingerprint density at radius 2 is 1.87 bits per heavy atom. The number of likely N-dealkylation sites (tertiary alicyclic amines) is 1. The third kappa shape index (κ3) is 9.34. The number of methoxy groups -OCH3 is 1. The number of alkyl carbamates (subject to hydrolysis) is 1. The van der Waals surface area contributed by atoms with Crippen molar-refractivity contribution >= 4 is 57.0 Å². The van der Waals surface area contributed by atoms with E-state index in [1.807, 2.05) is 19.1 Å². The minimum atomic E-state index is -3.94. The van der Waals surface area contributed by atoms with Gasteiger partial charge in [0.1, 0.15) is 34.3 Å². The number of ether oxygens (including phenoxy) is 3. The van der Waals surface area contributed by atoms with Crippen LogP contribution < -0.4 is 20.7 Å². The molecule has 2 aromatic rings. The molecule has 1 aromatic heterocycles. The van der Waals surface area contributed by atoms with E-state index in [1.165, 1.54) is 24.5 Å². The lowest BCUT2D eigenvalue weighted by atomic mass is 10.1. The molecule has 1 aliphatic heterocycles. The number of aromatic nitrogens is 1. The van der Waals surface area contributed by atoms with Crippen LogP contribution in [-0.2, 0) is 38.6 Å². The highest BCUT2D eigenvalue weighted by molar-refractivity contribution is 7.91. The first kappa shape index (κ1) is 39.7. The number of amides is 5. The molecule has 1 aromatic carbocycles. The second kappa shape index (κ2) is 15.4. The fourth-order valence-electron chi connectivity index (χ4n) is 6.12. The first-order valence-corrected chi connectivity index (χ1v) is 19.6. The summed E-state index contributed by atoms with van der Waals surface area (Å²) >= 11 is 1.39. The summed E-state index contributed by atoms with van der Waals surface area (Å²) in [5, 5.41) is 9.77. The summed E-state index contributed by atoms with van der Waals surface area (Å²) in [4.78, 5) is 73.5. The Morgan fingerprint density at radius 1 is 1.15 bits per heavy atom. The average molecular weight is 775 g/mol. The Balaban J connectivity index is 1.39. The standard InChI is InChI=1S/C35H46N6O10S2/c1-8-21-17-35(21,31(44)40-53(47,48)23-10-11-23)39-28(42)26-16-22(18-41(26)30(43)27(20(3)49-7)38-33(46)51-34(4,5)6)50-32(45)37-25-15-19(2)9-12-24(25)29-36-13-14-52-29/h8-9,12-15,20-23,26-27H,1,10-11,16-18H2,2-7H3,(H,37,45)(H,38,46)(H,39,42)(H,40,44). The molecular formula is C35H46N6O10S2. The number of aryl methyl sites for hydroxylation is 1. The van der Waals surface area contributed by atoms with E-state index in [1.54, 1.807) is 45.3 Å². The fraction of sp³-hybridized carbons (Fsp3) is 0.543. The number of carbonyl (C=O) groups is 5. The van der Waals surface area contributed by atoms with Crippen molar-refractivity contribution in [2.75, 3.05) is 19.0 Å². The van der Waals surface area contributed by atoms with Crippen molar-refractivity contribution < 1.29 is 46.6 Å². The lowest BCUT2D eigenvalue weighted by Gasteiger charge is -2.32. The van der Waals surface area contributed by atoms with Crippen molar-refractivity contribution in [3.63, 3.8) is 0 Å². The summed E-state index contributed by atoms with van der Waals surface area (Å²) < 4.78 is 44.0. The summed E-state index contributed by atoms with van der Waals surface area (Å²) in [5.74, 6) is -3.02. The minimum absolute atomic E-state index is 0.0821. The zero-order valence-electron chi connectivity index (χ0n) is 30.5. The second-order valence-corrected chi connectivity index (χ2v) is 17.4. The number of anilines is 1. The van der Waals surface area contributed by atoms with E-state index < -0.39 is 86.5 Å². The number of thiazole rings is 1. The molecule has 6 unspecified atom stereocenters. The Hall–Kier alpha value is -4.55. The normalized spacial score (nSPS) is 23.6. The molecule has 1 saturated heterocycles. The Morgan fingerprint density at radius 3 is 2.45 bits per heavy atom. The zero-order valence-corrected chi connectivity index (χ0v) is 32.1. The minimum Gasteiger partial charge on any atom is -0.444 e. The van der Waals surface area contributed by atoms with E-state index in [0.29, 0.717) is 29.1 Å². The van der Waals surface area contributed by atoms with Gasteiger partial charge in [0, 0.05) is 36.6 Å². The molecule has 0 spiro atoms. The molecule has 5 amide bonds. The van der Waals surface area contributed by atoms with Gasteiger partial charge in [-0.3, -0.25) is 24.4 Å². The molecular weight excluding hydrogens is 729 g/mol. The summed E-state index contributed by atoms with van der Waals surface area (Å²) in [6.45, 7) is 11.8. The summed E-state index contributed by atoms with van der Waals surface area (Å²) in [5.41, 5.74) is -0.537. The molecule has 6 atom stereocenters. The van der Waals surface area contributed by atoms with E-state index in [2.05, 4.69) is 32.2 Å². The van der Waals surface area contributed by atoms with Crippen LogP contribution in [0, 0.1) is 12.8 Å². The molecule has 3 aliphatic rings. The number of benzene rings is 1. The summed E-state index contributed by atoms with van der Waals surface area (Å²) in [6.07, 6.45) is 0.174. The largest absolute Gasteiger partial charge is 0.444 e. The van der Waals surface area contributed by atoms with Crippen molar-refractivity contribution in [1.29, 1.82) is 0 Å². The van der Waals surface area contributed by atoms with Crippen molar-refractivity contribution in [2.45, 2.75) is 101 Å². The van der Waals surface area contributed by atoms with Crippen LogP contribution in [0.4, 0.5) is 15.3 Å². The number of hydrogen-bond acceptors (Lipinski definition) is 12. The van der Waals surface area contributed by atoms with Crippen LogP contribution in [0.1, 0.15) is 58.9 Å². The van der Waals surface area contributed by atoms with Gasteiger partial charge in [-0.1, -0.05) is 12.1 Å². The van der Waals surface area contributed by atoms with Gasteiger partial charge < -0.3 is 29.7 Å². The number of nitrogens with zero attached hydrogens (tertiary/aromatic N) is 2. The van der Waals surface area contributed by atoms with Crippen molar-refractivity contribution in [3.05, 3.63) is 48.0 Å². The molecule has 4 N–H and O–H groups in total. The van der Waals surface area contributed by atoms with Crippen LogP contribution in [0.3, 0.4) is 0 Å². The number of sulfonamides is 1. The molecule has 0 radical (unpaired) electrons. The lowest BCUT2D eigenvalue weighted by Crippen LogP contribution is -2.60. The average Bonchev–Trinajstić information content (AvgIpc) is 3.95. The Labute approximate surface area is 312 Å². The molecule has 2 saturated carbocycles. The van der Waals surface area contributed by atoms with Gasteiger partial charge in [-0.25, -0.2) is 23.0 Å². The molecule has 2 heterocycles. The van der Waals surface area contributed by atoms with Crippen LogP contribution in [0.15, 0.2) is 42.4 Å². The zero-order chi connectivity index (χ0) is 38.9. The number of hydrogen-bond donors (Lipinski definition) is 4. The van der Waals surface area contributed by atoms with Gasteiger partial charge in [-0.15, -0.1) is 17.9 Å². The predicted molar refractivity (Wildman–Crippen MR) is 195 cm³/mol. The van der Waals surface area contributed by atoms with Crippen LogP contribution in [0.2, 0.25) is 0 Å². The molecule has 5 rings (SSSR count). The van der Waals surface area contributed by atoms with E-state index in [9.17, 15) is 32.4 Å². The maximum absolute atomic E-state index is 14.3. The van der Waals surface area contributed by atoms with Gasteiger partial charge in [0.2, 0.25) is 21.8 Å². The van der Waals surface area contributed by atoms with Crippen molar-refractivity contribution in [1.82, 2.24) is 25.2 Å². The smallest absolute Gasteiger partial charge is 0.411 e. The molecule has 18 heteroatoms. The van der Waals surface area contributed by atoms with E-state index in [-0.39, 0.29) is 19.4 Å². The number of rotatable bonds is 13. The molecule has 288 valence electrons. The molecule has 16 nitrogen and oxygen atoms in total. The monoisotopic (exact) mass is 774 g/mol. The van der Waals surface area contributed by atoms with Gasteiger partial charge in [0.25, 0.3) is 5.91 Å². The molecule has 0 bridgehead atoms. The third-order valence-electron chi connectivity index (χ3n) is 9.23. The topological polar surface area (TPSA) is 211 Å². The lowest BCUT2D eigenvalue weighted by molar-refractivity contribution is -0.143. The number of carbonyl (C=O) groups excluding carboxylic acids is 5. The van der Waals surface area contributed by atoms with E-state index in [0.717, 1.165) is 10.5 Å². The van der Waals surface area contributed by atoms with Crippen molar-refractivity contribution in [2.24, 2.45) is 5.92 Å². The highest BCUT2D eigenvalue weighted by Gasteiger charge is 2.62. The van der Waals surface area contributed by atoms with Gasteiger partial charge in [-0.2, -0.15) is 0 Å². The quantitative estimate of drug-likeness (QED) is 0.217. The van der Waals surface area contributed by atoms with Gasteiger partial charge >= 0.3 is 12.2 Å². The third-order valence-corrected chi connectivity index (χ3v) is 11.9. The van der Waals surface area contributed by atoms with E-state index >= 15 is 0 Å². The fourth-order valence-corrected chi connectivity index (χ4v) is 8.16. The molecule has 3 fully saturated rings. The Kier molecular flexibility index (Phi) is 11.5. The highest BCUT2D eigenvalue weighted by atomic mass is 32.2. The van der Waals surface area contributed by atoms with Gasteiger partial charge in [0.05, 0.1) is 23.6 Å². The number of nitrogens with one attached hydrogen (secondary N) is 4. The Bertz CT molecular complexity index is 1860. The maximum Gasteiger partial charge on any atom is 0.411 e.